The van der Waals surface area contributed by atoms with Crippen molar-refractivity contribution in [1.29, 1.82) is 0 Å². The topological polar surface area (TPSA) is 69.7 Å². The summed E-state index contributed by atoms with van der Waals surface area (Å²) < 4.78 is 9.61. The molecular weight excluding hydrogens is 260 g/mol. The molecule has 0 aliphatic heterocycles. The van der Waals surface area contributed by atoms with Crippen LogP contribution in [0.5, 0.6) is 0 Å². The summed E-state index contributed by atoms with van der Waals surface area (Å²) in [5.41, 5.74) is -0.551. The van der Waals surface area contributed by atoms with Crippen LogP contribution < -0.4 is 0 Å². The van der Waals surface area contributed by atoms with Crippen molar-refractivity contribution in [3.8, 4) is 0 Å². The Labute approximate surface area is 120 Å². The van der Waals surface area contributed by atoms with Gasteiger partial charge in [-0.25, -0.2) is 0 Å². The van der Waals surface area contributed by atoms with Crippen molar-refractivity contribution in [3.05, 3.63) is 0 Å². The molecule has 0 unspecified atom stereocenters. The average Bonchev–Trinajstić information content (AvgIpc) is 2.41. The molecule has 20 heavy (non-hydrogen) atoms. The summed E-state index contributed by atoms with van der Waals surface area (Å²) in [5, 5.41) is 0. The maximum atomic E-state index is 12.4. The Hall–Kier alpha value is -1.39. The highest BCUT2D eigenvalue weighted by atomic mass is 16.5. The summed E-state index contributed by atoms with van der Waals surface area (Å²) >= 11 is 0. The van der Waals surface area contributed by atoms with Gasteiger partial charge in [-0.3, -0.25) is 14.4 Å². The Bertz CT molecular complexity index is 376. The van der Waals surface area contributed by atoms with E-state index in [0.29, 0.717) is 32.3 Å². The van der Waals surface area contributed by atoms with E-state index >= 15 is 0 Å². The highest BCUT2D eigenvalue weighted by Gasteiger charge is 2.42. The first-order valence-corrected chi connectivity index (χ1v) is 7.17. The highest BCUT2D eigenvalue weighted by molar-refractivity contribution is 5.89. The van der Waals surface area contributed by atoms with Gasteiger partial charge in [-0.15, -0.1) is 0 Å². The molecule has 0 aromatic heterocycles. The van der Waals surface area contributed by atoms with Crippen molar-refractivity contribution in [2.45, 2.75) is 52.4 Å². The van der Waals surface area contributed by atoms with Gasteiger partial charge in [0.05, 0.1) is 20.1 Å². The zero-order chi connectivity index (χ0) is 15.2. The van der Waals surface area contributed by atoms with E-state index in [-0.39, 0.29) is 30.1 Å². The van der Waals surface area contributed by atoms with Crippen molar-refractivity contribution in [2.75, 3.05) is 13.7 Å². The molecule has 2 atom stereocenters. The zero-order valence-electron chi connectivity index (χ0n) is 12.6. The largest absolute Gasteiger partial charge is 0.469 e. The van der Waals surface area contributed by atoms with E-state index < -0.39 is 5.41 Å². The van der Waals surface area contributed by atoms with E-state index in [1.807, 2.05) is 6.92 Å². The molecule has 0 spiro atoms. The molecule has 0 saturated heterocycles. The fraction of sp³-hybridized carbons (Fsp3) is 0.800. The van der Waals surface area contributed by atoms with Crippen LogP contribution in [0, 0.1) is 11.3 Å². The molecule has 1 aliphatic carbocycles. The van der Waals surface area contributed by atoms with Gasteiger partial charge in [0.15, 0.2) is 0 Å². The standard InChI is InChI=1S/C15H24O5/c1-4-15(10-14(18)19-3)7-5-12(9-13(15)17)6-8-20-11(2)16/h12H,4-10H2,1-3H3/t12-,15+/m0/s1. The van der Waals surface area contributed by atoms with E-state index in [0.717, 1.165) is 6.42 Å². The maximum absolute atomic E-state index is 12.4. The molecule has 1 rings (SSSR count). The van der Waals surface area contributed by atoms with Gasteiger partial charge >= 0.3 is 11.9 Å². The Kier molecular flexibility index (Phi) is 6.17. The van der Waals surface area contributed by atoms with E-state index in [1.54, 1.807) is 0 Å². The lowest BCUT2D eigenvalue weighted by atomic mass is 9.65. The molecule has 114 valence electrons. The number of rotatable bonds is 6. The van der Waals surface area contributed by atoms with Gasteiger partial charge in [0.2, 0.25) is 0 Å². The van der Waals surface area contributed by atoms with Crippen LogP contribution in [0.1, 0.15) is 52.4 Å². The van der Waals surface area contributed by atoms with Crippen molar-refractivity contribution in [3.63, 3.8) is 0 Å². The first-order valence-electron chi connectivity index (χ1n) is 7.17. The van der Waals surface area contributed by atoms with Gasteiger partial charge in [-0.1, -0.05) is 6.92 Å². The molecule has 0 N–H and O–H groups in total. The number of carbonyl (C=O) groups excluding carboxylic acids is 3. The second-order valence-corrected chi connectivity index (χ2v) is 5.55. The summed E-state index contributed by atoms with van der Waals surface area (Å²) in [6.45, 7) is 3.69. The molecule has 0 aromatic rings. The summed E-state index contributed by atoms with van der Waals surface area (Å²) in [6, 6.07) is 0. The second-order valence-electron chi connectivity index (χ2n) is 5.55. The first-order chi connectivity index (χ1) is 9.43. The summed E-state index contributed by atoms with van der Waals surface area (Å²) in [7, 11) is 1.35. The van der Waals surface area contributed by atoms with Gasteiger partial charge < -0.3 is 9.47 Å². The summed E-state index contributed by atoms with van der Waals surface area (Å²) in [4.78, 5) is 34.6. The van der Waals surface area contributed by atoms with Crippen LogP contribution in [0.25, 0.3) is 0 Å². The van der Waals surface area contributed by atoms with Crippen LogP contribution in [-0.2, 0) is 23.9 Å². The van der Waals surface area contributed by atoms with Crippen LogP contribution in [0.3, 0.4) is 0 Å². The fourth-order valence-electron chi connectivity index (χ4n) is 2.85. The van der Waals surface area contributed by atoms with Crippen LogP contribution in [0.15, 0.2) is 0 Å². The zero-order valence-corrected chi connectivity index (χ0v) is 12.6. The average molecular weight is 284 g/mol. The Morgan fingerprint density at radius 1 is 1.40 bits per heavy atom. The normalized spacial score (nSPS) is 26.1. The van der Waals surface area contributed by atoms with Crippen LogP contribution in [-0.4, -0.2) is 31.4 Å². The first kappa shape index (κ1) is 16.7. The highest BCUT2D eigenvalue weighted by Crippen LogP contribution is 2.42. The van der Waals surface area contributed by atoms with E-state index in [1.165, 1.54) is 14.0 Å². The molecule has 1 aliphatic rings. The molecule has 1 saturated carbocycles. The van der Waals surface area contributed by atoms with E-state index in [9.17, 15) is 14.4 Å². The molecule has 5 nitrogen and oxygen atoms in total. The number of methoxy groups -OCH3 is 1. The molecule has 0 heterocycles. The van der Waals surface area contributed by atoms with Crippen molar-refractivity contribution in [2.24, 2.45) is 11.3 Å². The minimum Gasteiger partial charge on any atom is -0.469 e. The predicted molar refractivity (Wildman–Crippen MR) is 73.0 cm³/mol. The number of ketones is 1. The smallest absolute Gasteiger partial charge is 0.306 e. The maximum Gasteiger partial charge on any atom is 0.306 e. The minimum absolute atomic E-state index is 0.143. The summed E-state index contributed by atoms with van der Waals surface area (Å²) in [6.07, 6.45) is 3.61. The van der Waals surface area contributed by atoms with Crippen molar-refractivity contribution < 1.29 is 23.9 Å². The lowest BCUT2D eigenvalue weighted by molar-refractivity contribution is -0.150. The van der Waals surface area contributed by atoms with E-state index in [2.05, 4.69) is 0 Å². The number of carbonyl (C=O) groups is 3. The third kappa shape index (κ3) is 4.32. The SMILES string of the molecule is CC[C@]1(CC(=O)OC)CC[C@@H](CCOC(C)=O)CC1=O. The molecule has 5 heteroatoms. The van der Waals surface area contributed by atoms with Gasteiger partial charge in [0.1, 0.15) is 5.78 Å². The van der Waals surface area contributed by atoms with E-state index in [4.69, 9.17) is 9.47 Å². The third-order valence-corrected chi connectivity index (χ3v) is 4.32. The van der Waals surface area contributed by atoms with Crippen LogP contribution in [0.2, 0.25) is 0 Å². The molecule has 0 bridgehead atoms. The molecular formula is C15H24O5. The lowest BCUT2D eigenvalue weighted by Crippen LogP contribution is -2.39. The Balaban J connectivity index is 2.54. The van der Waals surface area contributed by atoms with Gasteiger partial charge in [-0.05, 0) is 31.6 Å². The van der Waals surface area contributed by atoms with Gasteiger partial charge in [0, 0.05) is 18.8 Å². The van der Waals surface area contributed by atoms with Crippen molar-refractivity contribution in [1.82, 2.24) is 0 Å². The van der Waals surface area contributed by atoms with Crippen molar-refractivity contribution >= 4 is 17.7 Å². The fourth-order valence-corrected chi connectivity index (χ4v) is 2.85. The number of hydrogen-bond donors (Lipinski definition) is 0. The quantitative estimate of drug-likeness (QED) is 0.700. The third-order valence-electron chi connectivity index (χ3n) is 4.32. The Morgan fingerprint density at radius 2 is 2.10 bits per heavy atom. The lowest BCUT2D eigenvalue weighted by Gasteiger charge is -2.37. The molecule has 1 fully saturated rings. The number of ether oxygens (including phenoxy) is 2. The van der Waals surface area contributed by atoms with Crippen LogP contribution in [0.4, 0.5) is 0 Å². The Morgan fingerprint density at radius 3 is 2.60 bits per heavy atom. The second kappa shape index (κ2) is 7.41. The molecule has 0 radical (unpaired) electrons. The number of Topliss-reactive ketones (excluding diaryl/α,β-unsaturated/α-hetero) is 1. The molecule has 0 aromatic carbocycles. The van der Waals surface area contributed by atoms with Gasteiger partial charge in [-0.2, -0.15) is 0 Å². The summed E-state index contributed by atoms with van der Waals surface area (Å²) in [5.74, 6) is -0.219. The van der Waals surface area contributed by atoms with Gasteiger partial charge in [0.25, 0.3) is 0 Å². The molecule has 0 amide bonds. The monoisotopic (exact) mass is 284 g/mol. The number of hydrogen-bond acceptors (Lipinski definition) is 5. The minimum atomic E-state index is -0.551. The van der Waals surface area contributed by atoms with Crippen LogP contribution >= 0.6 is 0 Å². The predicted octanol–water partition coefficient (Wildman–Crippen LogP) is 2.27. The number of esters is 2.